The summed E-state index contributed by atoms with van der Waals surface area (Å²) in [7, 11) is 0. The van der Waals surface area contributed by atoms with Crippen LogP contribution < -0.4 is 5.32 Å². The van der Waals surface area contributed by atoms with Crippen molar-refractivity contribution in [3.63, 3.8) is 0 Å². The number of hydrogen-bond acceptors (Lipinski definition) is 4. The summed E-state index contributed by atoms with van der Waals surface area (Å²) in [5.74, 6) is 0.634. The van der Waals surface area contributed by atoms with Gasteiger partial charge in [0.25, 0.3) is 0 Å². The third-order valence-corrected chi connectivity index (χ3v) is 2.70. The summed E-state index contributed by atoms with van der Waals surface area (Å²) in [6.07, 6.45) is 2.23. The summed E-state index contributed by atoms with van der Waals surface area (Å²) in [6, 6.07) is 1.68. The zero-order chi connectivity index (χ0) is 11.5. The second kappa shape index (κ2) is 4.57. The van der Waals surface area contributed by atoms with Crippen LogP contribution in [0.25, 0.3) is 0 Å². The summed E-state index contributed by atoms with van der Waals surface area (Å²) in [5.41, 5.74) is -0.600. The summed E-state index contributed by atoms with van der Waals surface area (Å²) in [4.78, 5) is 19.2. The van der Waals surface area contributed by atoms with Crippen molar-refractivity contribution in [3.8, 4) is 0 Å². The maximum atomic E-state index is 11.4. The highest BCUT2D eigenvalue weighted by Crippen LogP contribution is 2.18. The van der Waals surface area contributed by atoms with E-state index in [1.807, 2.05) is 13.8 Å². The predicted molar refractivity (Wildman–Crippen MR) is 60.0 cm³/mol. The third kappa shape index (κ3) is 2.89. The molecule has 4 nitrogen and oxygen atoms in total. The van der Waals surface area contributed by atoms with Gasteiger partial charge in [-0.2, -0.15) is 0 Å². The topological polar surface area (TPSA) is 54.9 Å². The normalized spacial score (nSPS) is 14.4. The van der Waals surface area contributed by atoms with Crippen LogP contribution in [0.15, 0.2) is 12.3 Å². The van der Waals surface area contributed by atoms with E-state index in [9.17, 15) is 4.79 Å². The SMILES string of the molecule is CC[C@@](C)(Nc1ccnc(Cl)n1)C(C)=O. The molecule has 1 atom stereocenters. The number of hydrogen-bond donors (Lipinski definition) is 1. The van der Waals surface area contributed by atoms with Crippen molar-refractivity contribution in [1.29, 1.82) is 0 Å². The molecule has 0 fully saturated rings. The monoisotopic (exact) mass is 227 g/mol. The van der Waals surface area contributed by atoms with Gasteiger partial charge in [0, 0.05) is 6.20 Å². The highest BCUT2D eigenvalue weighted by molar-refractivity contribution is 6.28. The van der Waals surface area contributed by atoms with Gasteiger partial charge in [-0.1, -0.05) is 6.92 Å². The summed E-state index contributed by atoms with van der Waals surface area (Å²) >= 11 is 5.65. The zero-order valence-corrected chi connectivity index (χ0v) is 9.80. The number of nitrogens with zero attached hydrogens (tertiary/aromatic N) is 2. The lowest BCUT2D eigenvalue weighted by Crippen LogP contribution is -2.41. The number of carbonyl (C=O) groups excluding carboxylic acids is 1. The van der Waals surface area contributed by atoms with Crippen molar-refractivity contribution in [2.75, 3.05) is 5.32 Å². The first-order valence-corrected chi connectivity index (χ1v) is 5.13. The first-order chi connectivity index (χ1) is 6.98. The molecule has 0 bridgehead atoms. The second-order valence-electron chi connectivity index (χ2n) is 3.58. The molecule has 82 valence electrons. The van der Waals surface area contributed by atoms with Crippen LogP contribution in [-0.2, 0) is 4.79 Å². The smallest absolute Gasteiger partial charge is 0.224 e. The summed E-state index contributed by atoms with van der Waals surface area (Å²) < 4.78 is 0. The van der Waals surface area contributed by atoms with Gasteiger partial charge < -0.3 is 5.32 Å². The van der Waals surface area contributed by atoms with Crippen molar-refractivity contribution in [3.05, 3.63) is 17.5 Å². The lowest BCUT2D eigenvalue weighted by atomic mass is 9.94. The third-order valence-electron chi connectivity index (χ3n) is 2.51. The number of Topliss-reactive ketones (excluding diaryl/α,β-unsaturated/α-hetero) is 1. The van der Waals surface area contributed by atoms with Crippen molar-refractivity contribution in [2.24, 2.45) is 0 Å². The van der Waals surface area contributed by atoms with Crippen molar-refractivity contribution in [2.45, 2.75) is 32.7 Å². The molecule has 1 aromatic heterocycles. The summed E-state index contributed by atoms with van der Waals surface area (Å²) in [6.45, 7) is 5.34. The van der Waals surface area contributed by atoms with Crippen molar-refractivity contribution >= 4 is 23.2 Å². The van der Waals surface area contributed by atoms with Crippen molar-refractivity contribution in [1.82, 2.24) is 9.97 Å². The average molecular weight is 228 g/mol. The molecule has 1 aromatic rings. The molecule has 0 spiro atoms. The Morgan fingerprint density at radius 2 is 2.33 bits per heavy atom. The number of aromatic nitrogens is 2. The van der Waals surface area contributed by atoms with E-state index >= 15 is 0 Å². The largest absolute Gasteiger partial charge is 0.358 e. The first-order valence-electron chi connectivity index (χ1n) is 4.75. The van der Waals surface area contributed by atoms with Gasteiger partial charge >= 0.3 is 0 Å². The van der Waals surface area contributed by atoms with Gasteiger partial charge in [-0.15, -0.1) is 0 Å². The van der Waals surface area contributed by atoms with Crippen LogP contribution in [0.1, 0.15) is 27.2 Å². The lowest BCUT2D eigenvalue weighted by Gasteiger charge is -2.27. The van der Waals surface area contributed by atoms with Gasteiger partial charge in [0.2, 0.25) is 5.28 Å². The van der Waals surface area contributed by atoms with Crippen LogP contribution in [0, 0.1) is 0 Å². The fourth-order valence-electron chi connectivity index (χ4n) is 1.11. The van der Waals surface area contributed by atoms with Gasteiger partial charge in [-0.25, -0.2) is 9.97 Å². The van der Waals surface area contributed by atoms with Crippen LogP contribution in [0.2, 0.25) is 5.28 Å². The molecule has 0 aliphatic rings. The highest BCUT2D eigenvalue weighted by Gasteiger charge is 2.27. The van der Waals surface area contributed by atoms with Crippen LogP contribution in [0.4, 0.5) is 5.82 Å². The van der Waals surface area contributed by atoms with E-state index in [0.29, 0.717) is 12.2 Å². The average Bonchev–Trinajstić information content (AvgIpc) is 2.17. The van der Waals surface area contributed by atoms with E-state index < -0.39 is 5.54 Å². The van der Waals surface area contributed by atoms with Gasteiger partial charge in [0.1, 0.15) is 5.82 Å². The fraction of sp³-hybridized carbons (Fsp3) is 0.500. The van der Waals surface area contributed by atoms with E-state index in [-0.39, 0.29) is 11.1 Å². The van der Waals surface area contributed by atoms with Gasteiger partial charge in [-0.05, 0) is 37.9 Å². The Kier molecular flexibility index (Phi) is 3.63. The Bertz CT molecular complexity index is 369. The van der Waals surface area contributed by atoms with E-state index in [4.69, 9.17) is 11.6 Å². The van der Waals surface area contributed by atoms with Crippen LogP contribution in [0.3, 0.4) is 0 Å². The Morgan fingerprint density at radius 3 is 2.80 bits per heavy atom. The number of carbonyl (C=O) groups is 1. The fourth-order valence-corrected chi connectivity index (χ4v) is 1.26. The molecule has 5 heteroatoms. The van der Waals surface area contributed by atoms with Gasteiger partial charge in [0.05, 0.1) is 5.54 Å². The zero-order valence-electron chi connectivity index (χ0n) is 9.04. The Balaban J connectivity index is 2.89. The number of anilines is 1. The maximum absolute atomic E-state index is 11.4. The molecule has 0 amide bonds. The molecule has 0 aliphatic heterocycles. The molecule has 0 radical (unpaired) electrons. The molecular weight excluding hydrogens is 214 g/mol. The van der Waals surface area contributed by atoms with Gasteiger partial charge in [-0.3, -0.25) is 4.79 Å². The predicted octanol–water partition coefficient (Wildman–Crippen LogP) is 2.30. The van der Waals surface area contributed by atoms with Crippen LogP contribution in [0.5, 0.6) is 0 Å². The molecule has 0 aliphatic carbocycles. The number of ketones is 1. The Hall–Kier alpha value is -1.16. The van der Waals surface area contributed by atoms with Crippen LogP contribution >= 0.6 is 11.6 Å². The molecule has 0 saturated carbocycles. The molecule has 15 heavy (non-hydrogen) atoms. The second-order valence-corrected chi connectivity index (χ2v) is 3.92. The molecular formula is C10H14ClN3O. The van der Waals surface area contributed by atoms with Gasteiger partial charge in [0.15, 0.2) is 5.78 Å². The first kappa shape index (κ1) is 11.9. The van der Waals surface area contributed by atoms with Crippen molar-refractivity contribution < 1.29 is 4.79 Å². The van der Waals surface area contributed by atoms with E-state index in [0.717, 1.165) is 0 Å². The minimum Gasteiger partial charge on any atom is -0.358 e. The summed E-state index contributed by atoms with van der Waals surface area (Å²) in [5, 5.41) is 3.23. The Morgan fingerprint density at radius 1 is 1.67 bits per heavy atom. The standard InChI is InChI=1S/C10H14ClN3O/c1-4-10(3,7(2)15)14-8-5-6-12-9(11)13-8/h5-6H,4H2,1-3H3,(H,12,13,14)/t10-/m1/s1. The number of nitrogens with one attached hydrogen (secondary N) is 1. The minimum absolute atomic E-state index is 0.0692. The minimum atomic E-state index is -0.600. The van der Waals surface area contributed by atoms with E-state index in [1.54, 1.807) is 19.2 Å². The highest BCUT2D eigenvalue weighted by atomic mass is 35.5. The molecule has 0 saturated heterocycles. The number of halogens is 1. The molecule has 1 rings (SSSR count). The molecule has 0 aromatic carbocycles. The van der Waals surface area contributed by atoms with Crippen LogP contribution in [-0.4, -0.2) is 21.3 Å². The van der Waals surface area contributed by atoms with E-state index in [1.165, 1.54) is 0 Å². The molecule has 1 heterocycles. The molecule has 1 N–H and O–H groups in total. The number of rotatable bonds is 4. The van der Waals surface area contributed by atoms with E-state index in [2.05, 4.69) is 15.3 Å². The maximum Gasteiger partial charge on any atom is 0.224 e. The molecule has 0 unspecified atom stereocenters. The Labute approximate surface area is 94.1 Å². The lowest BCUT2D eigenvalue weighted by molar-refractivity contribution is -0.120. The quantitative estimate of drug-likeness (QED) is 0.802.